The fourth-order valence-electron chi connectivity index (χ4n) is 8.75. The summed E-state index contributed by atoms with van der Waals surface area (Å²) in [5.41, 5.74) is 13.8. The van der Waals surface area contributed by atoms with Crippen molar-refractivity contribution in [3.05, 3.63) is 182 Å². The third-order valence-corrected chi connectivity index (χ3v) is 11.1. The lowest BCUT2D eigenvalue weighted by atomic mass is 9.98. The van der Waals surface area contributed by atoms with Crippen LogP contribution in [0.4, 0.5) is 0 Å². The van der Waals surface area contributed by atoms with E-state index in [1.807, 2.05) is 18.2 Å². The zero-order chi connectivity index (χ0) is 35.3. The van der Waals surface area contributed by atoms with Crippen LogP contribution in [0.25, 0.3) is 110 Å². The second-order valence-corrected chi connectivity index (χ2v) is 14.1. The Hall–Kier alpha value is -7.30. The average molecular weight is 691 g/mol. The van der Waals surface area contributed by atoms with E-state index in [-0.39, 0.29) is 0 Å². The van der Waals surface area contributed by atoms with E-state index in [4.69, 9.17) is 8.83 Å². The van der Waals surface area contributed by atoms with Crippen molar-refractivity contribution >= 4 is 76.7 Å². The van der Waals surface area contributed by atoms with Crippen LogP contribution in [0.3, 0.4) is 0 Å². The van der Waals surface area contributed by atoms with Gasteiger partial charge in [-0.05, 0) is 95.1 Å². The maximum Gasteiger partial charge on any atom is 0.213 e. The molecule has 0 amide bonds. The van der Waals surface area contributed by atoms with E-state index in [9.17, 15) is 0 Å². The minimum absolute atomic E-state index is 0.860. The molecule has 0 aliphatic rings. The largest absolute Gasteiger partial charge is 0.456 e. The summed E-state index contributed by atoms with van der Waals surface area (Å²) in [7, 11) is 0. The van der Waals surface area contributed by atoms with Gasteiger partial charge in [0, 0.05) is 43.7 Å². The smallest absolute Gasteiger partial charge is 0.213 e. The summed E-state index contributed by atoms with van der Waals surface area (Å²) >= 11 is 0. The average Bonchev–Trinajstić information content (AvgIpc) is 3.97. The van der Waals surface area contributed by atoms with Crippen molar-refractivity contribution in [3.8, 4) is 33.6 Å². The number of hydrogen-bond donors (Lipinski definition) is 0. The zero-order valence-corrected chi connectivity index (χ0v) is 29.0. The summed E-state index contributed by atoms with van der Waals surface area (Å²) in [6.07, 6.45) is 0. The van der Waals surface area contributed by atoms with Crippen LogP contribution < -0.4 is 0 Å². The van der Waals surface area contributed by atoms with Crippen LogP contribution in [-0.2, 0) is 0 Å². The van der Waals surface area contributed by atoms with Gasteiger partial charge in [0.05, 0.1) is 21.9 Å². The second kappa shape index (κ2) is 11.1. The lowest BCUT2D eigenvalue weighted by molar-refractivity contribution is 0.645. The first-order valence-corrected chi connectivity index (χ1v) is 18.3. The van der Waals surface area contributed by atoms with E-state index in [2.05, 4.69) is 173 Å². The van der Waals surface area contributed by atoms with Crippen molar-refractivity contribution in [1.82, 2.24) is 9.13 Å². The molecule has 0 saturated carbocycles. The number of furan rings is 2. The molecule has 8 aromatic carbocycles. The molecule has 4 heterocycles. The highest BCUT2D eigenvalue weighted by atomic mass is 16.3. The van der Waals surface area contributed by atoms with Gasteiger partial charge in [-0.25, -0.2) is 0 Å². The minimum atomic E-state index is 0.860. The van der Waals surface area contributed by atoms with E-state index in [0.717, 1.165) is 77.6 Å². The van der Waals surface area contributed by atoms with Crippen LogP contribution in [0.5, 0.6) is 0 Å². The standard InChI is InChI=1S/C50H30N2O2/c1-2-13-34(14-3-1)52-44-21-11-19-36(48(44)49-40-18-6-9-23-46(40)54-50(49)52)33-12-10-15-35(28-33)51-42-20-7-4-16-37(42)41-29-31(25-27-43(41)51)32-24-26-39-38-17-5-8-22-45(38)53-47(39)30-32/h1-30H. The van der Waals surface area contributed by atoms with Gasteiger partial charge in [-0.15, -0.1) is 0 Å². The Morgan fingerprint density at radius 3 is 1.85 bits per heavy atom. The summed E-state index contributed by atoms with van der Waals surface area (Å²) < 4.78 is 17.5. The van der Waals surface area contributed by atoms with Crippen LogP contribution in [0.15, 0.2) is 191 Å². The molecule has 0 radical (unpaired) electrons. The molecule has 0 N–H and O–H groups in total. The van der Waals surface area contributed by atoms with Gasteiger partial charge < -0.3 is 13.4 Å². The van der Waals surface area contributed by atoms with Crippen molar-refractivity contribution in [1.29, 1.82) is 0 Å². The van der Waals surface area contributed by atoms with Gasteiger partial charge >= 0.3 is 0 Å². The Kier molecular flexibility index (Phi) is 6.02. The molecule has 4 aromatic heterocycles. The van der Waals surface area contributed by atoms with Crippen molar-refractivity contribution in [2.75, 3.05) is 0 Å². The molecule has 0 atom stereocenters. The molecule has 4 heteroatoms. The fraction of sp³-hybridized carbons (Fsp3) is 0. The third-order valence-electron chi connectivity index (χ3n) is 11.1. The summed E-state index contributed by atoms with van der Waals surface area (Å²) in [5, 5.41) is 8.16. The predicted molar refractivity (Wildman–Crippen MR) is 223 cm³/mol. The molecule has 0 fully saturated rings. The van der Waals surface area contributed by atoms with Crippen molar-refractivity contribution in [2.24, 2.45) is 0 Å². The van der Waals surface area contributed by atoms with E-state index >= 15 is 0 Å². The summed E-state index contributed by atoms with van der Waals surface area (Å²) in [4.78, 5) is 0. The molecule has 252 valence electrons. The highest BCUT2D eigenvalue weighted by Gasteiger charge is 2.22. The first-order valence-electron chi connectivity index (χ1n) is 18.3. The molecule has 0 spiro atoms. The Morgan fingerprint density at radius 2 is 0.963 bits per heavy atom. The Morgan fingerprint density at radius 1 is 0.315 bits per heavy atom. The molecule has 0 bridgehead atoms. The van der Waals surface area contributed by atoms with E-state index in [1.54, 1.807) is 0 Å². The van der Waals surface area contributed by atoms with Crippen molar-refractivity contribution in [2.45, 2.75) is 0 Å². The first-order chi connectivity index (χ1) is 26.8. The molecule has 12 aromatic rings. The molecule has 0 unspecified atom stereocenters. The number of nitrogens with zero attached hydrogens (tertiary/aromatic N) is 2. The molecule has 0 aliphatic carbocycles. The van der Waals surface area contributed by atoms with Gasteiger partial charge in [0.2, 0.25) is 5.71 Å². The summed E-state index contributed by atoms with van der Waals surface area (Å²) in [6.45, 7) is 0. The van der Waals surface area contributed by atoms with Gasteiger partial charge in [0.25, 0.3) is 0 Å². The molecule has 4 nitrogen and oxygen atoms in total. The van der Waals surface area contributed by atoms with Gasteiger partial charge in [-0.2, -0.15) is 0 Å². The van der Waals surface area contributed by atoms with Crippen LogP contribution in [0, 0.1) is 0 Å². The highest BCUT2D eigenvalue weighted by molar-refractivity contribution is 6.24. The highest BCUT2D eigenvalue weighted by Crippen LogP contribution is 2.44. The van der Waals surface area contributed by atoms with E-state index in [0.29, 0.717) is 0 Å². The maximum absolute atomic E-state index is 6.62. The van der Waals surface area contributed by atoms with Crippen LogP contribution in [0.2, 0.25) is 0 Å². The molecule has 0 aliphatic heterocycles. The quantitative estimate of drug-likeness (QED) is 0.184. The monoisotopic (exact) mass is 690 g/mol. The number of para-hydroxylation sites is 4. The SMILES string of the molecule is c1ccc(-n2c3cccc(-c4cccc(-n5c6ccccc6c6cc(-c7ccc8c(c7)oc7ccccc78)ccc65)c4)c3c3c4ccccc4oc32)cc1. The third kappa shape index (κ3) is 4.13. The van der Waals surface area contributed by atoms with E-state index in [1.165, 1.54) is 32.8 Å². The summed E-state index contributed by atoms with van der Waals surface area (Å²) in [6, 6.07) is 64.8. The Balaban J connectivity index is 1.05. The first kappa shape index (κ1) is 29.3. The molecular weight excluding hydrogens is 661 g/mol. The van der Waals surface area contributed by atoms with Crippen LogP contribution in [0.1, 0.15) is 0 Å². The topological polar surface area (TPSA) is 36.1 Å². The fourth-order valence-corrected chi connectivity index (χ4v) is 8.75. The Bertz CT molecular complexity index is 3450. The van der Waals surface area contributed by atoms with Gasteiger partial charge in [-0.1, -0.05) is 109 Å². The zero-order valence-electron chi connectivity index (χ0n) is 29.0. The maximum atomic E-state index is 6.62. The minimum Gasteiger partial charge on any atom is -0.456 e. The molecule has 12 rings (SSSR count). The van der Waals surface area contributed by atoms with Gasteiger partial charge in [0.1, 0.15) is 16.7 Å². The van der Waals surface area contributed by atoms with E-state index < -0.39 is 0 Å². The molecular formula is C50H30N2O2. The van der Waals surface area contributed by atoms with Crippen LogP contribution in [-0.4, -0.2) is 9.13 Å². The van der Waals surface area contributed by atoms with Gasteiger partial charge in [0.15, 0.2) is 0 Å². The number of fused-ring (bicyclic) bond motifs is 11. The normalized spacial score (nSPS) is 12.1. The van der Waals surface area contributed by atoms with Crippen LogP contribution >= 0.6 is 0 Å². The summed E-state index contributed by atoms with van der Waals surface area (Å²) in [5.74, 6) is 0. The van der Waals surface area contributed by atoms with Crippen molar-refractivity contribution < 1.29 is 8.83 Å². The van der Waals surface area contributed by atoms with Gasteiger partial charge in [-0.3, -0.25) is 4.57 Å². The molecule has 0 saturated heterocycles. The number of benzene rings is 8. The Labute approximate surface area is 309 Å². The molecule has 54 heavy (non-hydrogen) atoms. The number of rotatable bonds is 4. The predicted octanol–water partition coefficient (Wildman–Crippen LogP) is 13.9. The number of hydrogen-bond acceptors (Lipinski definition) is 2. The lowest BCUT2D eigenvalue weighted by Crippen LogP contribution is -1.95. The second-order valence-electron chi connectivity index (χ2n) is 14.1. The lowest BCUT2D eigenvalue weighted by Gasteiger charge is -2.12. The van der Waals surface area contributed by atoms with Crippen molar-refractivity contribution in [3.63, 3.8) is 0 Å². The number of aromatic nitrogens is 2.